The number of hydrogen-bond acceptors (Lipinski definition) is 3. The molecule has 0 unspecified atom stereocenters. The second-order valence-corrected chi connectivity index (χ2v) is 3.97. The van der Waals surface area contributed by atoms with E-state index < -0.39 is 0 Å². The molecule has 0 aliphatic carbocycles. The normalized spacial score (nSPS) is 9.50. The van der Waals surface area contributed by atoms with E-state index in [1.54, 1.807) is 36.5 Å². The van der Waals surface area contributed by atoms with E-state index in [9.17, 15) is 0 Å². The molecule has 0 saturated carbocycles. The fraction of sp³-hybridized carbons (Fsp3) is 0. The molecule has 2 aromatic rings. The highest BCUT2D eigenvalue weighted by atomic mass is 79.9. The van der Waals surface area contributed by atoms with Crippen molar-refractivity contribution < 1.29 is 4.74 Å². The van der Waals surface area contributed by atoms with Gasteiger partial charge in [-0.3, -0.25) is 0 Å². The number of halogens is 1. The Morgan fingerprint density at radius 1 is 1.12 bits per heavy atom. The van der Waals surface area contributed by atoms with E-state index in [2.05, 4.69) is 20.9 Å². The van der Waals surface area contributed by atoms with E-state index in [1.165, 1.54) is 0 Å². The van der Waals surface area contributed by atoms with Crippen molar-refractivity contribution in [1.29, 1.82) is 5.26 Å². The molecular weight excluding hydrogens is 268 g/mol. The van der Waals surface area contributed by atoms with E-state index >= 15 is 0 Å². The molecule has 0 bridgehead atoms. The van der Waals surface area contributed by atoms with Gasteiger partial charge in [0, 0.05) is 16.7 Å². The highest BCUT2D eigenvalue weighted by molar-refractivity contribution is 9.10. The van der Waals surface area contributed by atoms with Crippen LogP contribution < -0.4 is 4.74 Å². The van der Waals surface area contributed by atoms with E-state index in [0.29, 0.717) is 17.2 Å². The molecule has 0 aliphatic rings. The molecule has 0 N–H and O–H groups in total. The van der Waals surface area contributed by atoms with Crippen molar-refractivity contribution in [3.63, 3.8) is 0 Å². The monoisotopic (exact) mass is 274 g/mol. The molecule has 1 heterocycles. The first-order valence-corrected chi connectivity index (χ1v) is 5.37. The van der Waals surface area contributed by atoms with Gasteiger partial charge >= 0.3 is 0 Å². The Kier molecular flexibility index (Phi) is 3.18. The van der Waals surface area contributed by atoms with Crippen LogP contribution in [0.5, 0.6) is 11.6 Å². The van der Waals surface area contributed by atoms with Crippen LogP contribution in [0.3, 0.4) is 0 Å². The summed E-state index contributed by atoms with van der Waals surface area (Å²) in [7, 11) is 0. The third kappa shape index (κ3) is 2.59. The Labute approximate surface area is 101 Å². The maximum Gasteiger partial charge on any atom is 0.219 e. The van der Waals surface area contributed by atoms with Gasteiger partial charge < -0.3 is 4.74 Å². The third-order valence-electron chi connectivity index (χ3n) is 1.91. The van der Waals surface area contributed by atoms with Crippen molar-refractivity contribution in [3.8, 4) is 17.7 Å². The highest BCUT2D eigenvalue weighted by Crippen LogP contribution is 2.20. The van der Waals surface area contributed by atoms with Gasteiger partial charge in [-0.05, 0) is 46.3 Å². The Bertz CT molecular complexity index is 514. The molecule has 0 spiro atoms. The van der Waals surface area contributed by atoms with E-state index in [-0.39, 0.29) is 0 Å². The maximum atomic E-state index is 8.64. The fourth-order valence-electron chi connectivity index (χ4n) is 1.14. The zero-order valence-corrected chi connectivity index (χ0v) is 9.81. The molecular formula is C12H7BrN2O. The first kappa shape index (κ1) is 10.7. The Morgan fingerprint density at radius 3 is 2.44 bits per heavy atom. The van der Waals surface area contributed by atoms with Gasteiger partial charge in [-0.2, -0.15) is 5.26 Å². The molecule has 3 nitrogen and oxygen atoms in total. The molecule has 4 heteroatoms. The van der Waals surface area contributed by atoms with Gasteiger partial charge in [-0.1, -0.05) is 0 Å². The van der Waals surface area contributed by atoms with E-state index in [4.69, 9.17) is 10.00 Å². The zero-order chi connectivity index (χ0) is 11.4. The van der Waals surface area contributed by atoms with Crippen molar-refractivity contribution in [3.05, 3.63) is 52.6 Å². The molecule has 1 aromatic carbocycles. The number of nitrogens with zero attached hydrogens (tertiary/aromatic N) is 2. The summed E-state index contributed by atoms with van der Waals surface area (Å²) in [6, 6.07) is 12.5. The SMILES string of the molecule is N#Cc1ccc(Oc2ccc(Br)cn2)cc1. The molecule has 0 amide bonds. The minimum Gasteiger partial charge on any atom is -0.439 e. The van der Waals surface area contributed by atoms with Gasteiger partial charge in [-0.25, -0.2) is 4.98 Å². The van der Waals surface area contributed by atoms with Crippen molar-refractivity contribution in [1.82, 2.24) is 4.98 Å². The molecule has 16 heavy (non-hydrogen) atoms. The average Bonchev–Trinajstić information content (AvgIpc) is 2.33. The Balaban J connectivity index is 2.15. The van der Waals surface area contributed by atoms with E-state index in [1.807, 2.05) is 12.1 Å². The third-order valence-corrected chi connectivity index (χ3v) is 2.38. The number of rotatable bonds is 2. The molecule has 78 valence electrons. The van der Waals surface area contributed by atoms with Crippen molar-refractivity contribution in [2.75, 3.05) is 0 Å². The minimum absolute atomic E-state index is 0.521. The van der Waals surface area contributed by atoms with Crippen molar-refractivity contribution in [2.45, 2.75) is 0 Å². The van der Waals surface area contributed by atoms with Crippen LogP contribution in [-0.2, 0) is 0 Å². The molecule has 0 saturated heterocycles. The Morgan fingerprint density at radius 2 is 1.88 bits per heavy atom. The summed E-state index contributed by atoms with van der Waals surface area (Å²) in [5.41, 5.74) is 0.608. The number of nitriles is 1. The van der Waals surface area contributed by atoms with Gasteiger partial charge in [0.2, 0.25) is 5.88 Å². The fourth-order valence-corrected chi connectivity index (χ4v) is 1.38. The van der Waals surface area contributed by atoms with Crippen molar-refractivity contribution >= 4 is 15.9 Å². The summed E-state index contributed by atoms with van der Waals surface area (Å²) < 4.78 is 6.39. The lowest BCUT2D eigenvalue weighted by molar-refractivity contribution is 0.462. The molecule has 0 aliphatic heterocycles. The highest BCUT2D eigenvalue weighted by Gasteiger charge is 1.98. The summed E-state index contributed by atoms with van der Waals surface area (Å²) in [5, 5.41) is 8.64. The van der Waals surface area contributed by atoms with Crippen LogP contribution >= 0.6 is 15.9 Å². The molecule has 1 aromatic heterocycles. The molecule has 2 rings (SSSR count). The number of ether oxygens (including phenoxy) is 1. The van der Waals surface area contributed by atoms with Crippen LogP contribution in [0.25, 0.3) is 0 Å². The summed E-state index contributed by atoms with van der Waals surface area (Å²) >= 11 is 3.30. The number of aromatic nitrogens is 1. The van der Waals surface area contributed by atoms with Crippen LogP contribution in [0.2, 0.25) is 0 Å². The second kappa shape index (κ2) is 4.77. The zero-order valence-electron chi connectivity index (χ0n) is 8.22. The van der Waals surface area contributed by atoms with Crippen LogP contribution in [0.1, 0.15) is 5.56 Å². The largest absolute Gasteiger partial charge is 0.439 e. The van der Waals surface area contributed by atoms with Gasteiger partial charge in [0.1, 0.15) is 5.75 Å². The van der Waals surface area contributed by atoms with Crippen LogP contribution in [0.4, 0.5) is 0 Å². The lowest BCUT2D eigenvalue weighted by Crippen LogP contribution is -1.87. The molecule has 0 atom stereocenters. The van der Waals surface area contributed by atoms with Gasteiger partial charge in [0.05, 0.1) is 11.6 Å². The Hall–Kier alpha value is -1.86. The lowest BCUT2D eigenvalue weighted by atomic mass is 10.2. The van der Waals surface area contributed by atoms with Crippen LogP contribution in [0.15, 0.2) is 47.1 Å². The summed E-state index contributed by atoms with van der Waals surface area (Å²) in [5.74, 6) is 1.18. The van der Waals surface area contributed by atoms with Crippen LogP contribution in [0, 0.1) is 11.3 Å². The number of benzene rings is 1. The lowest BCUT2D eigenvalue weighted by Gasteiger charge is -2.03. The topological polar surface area (TPSA) is 45.9 Å². The second-order valence-electron chi connectivity index (χ2n) is 3.05. The molecule has 0 fully saturated rings. The minimum atomic E-state index is 0.521. The van der Waals surface area contributed by atoms with Crippen LogP contribution in [-0.4, -0.2) is 4.98 Å². The predicted molar refractivity (Wildman–Crippen MR) is 63.2 cm³/mol. The number of hydrogen-bond donors (Lipinski definition) is 0. The first-order valence-electron chi connectivity index (χ1n) is 4.57. The maximum absolute atomic E-state index is 8.64. The van der Waals surface area contributed by atoms with Gasteiger partial charge in [-0.15, -0.1) is 0 Å². The van der Waals surface area contributed by atoms with Crippen molar-refractivity contribution in [2.24, 2.45) is 0 Å². The standard InChI is InChI=1S/C12H7BrN2O/c13-10-3-6-12(15-8-10)16-11-4-1-9(7-14)2-5-11/h1-6,8H. The number of pyridine rings is 1. The first-order chi connectivity index (χ1) is 7.78. The van der Waals surface area contributed by atoms with Gasteiger partial charge in [0.25, 0.3) is 0 Å². The quantitative estimate of drug-likeness (QED) is 0.842. The summed E-state index contributed by atoms with van der Waals surface area (Å²) in [4.78, 5) is 4.08. The summed E-state index contributed by atoms with van der Waals surface area (Å²) in [6.45, 7) is 0. The molecule has 0 radical (unpaired) electrons. The average molecular weight is 275 g/mol. The van der Waals surface area contributed by atoms with Gasteiger partial charge in [0.15, 0.2) is 0 Å². The predicted octanol–water partition coefficient (Wildman–Crippen LogP) is 3.51. The summed E-state index contributed by atoms with van der Waals surface area (Å²) in [6.07, 6.45) is 1.67. The van der Waals surface area contributed by atoms with E-state index in [0.717, 1.165) is 4.47 Å². The smallest absolute Gasteiger partial charge is 0.219 e.